The molecule has 1 aromatic rings. The summed E-state index contributed by atoms with van der Waals surface area (Å²) in [6, 6.07) is 5.81. The Morgan fingerprint density at radius 2 is 2.24 bits per heavy atom. The summed E-state index contributed by atoms with van der Waals surface area (Å²) >= 11 is 0. The molecule has 4 heteroatoms. The molecule has 0 bridgehead atoms. The number of carbonyl (C=O) groups is 1. The monoisotopic (exact) mass is 284 g/mol. The van der Waals surface area contributed by atoms with Crippen molar-refractivity contribution in [2.45, 2.75) is 32.1 Å². The minimum atomic E-state index is -0.397. The number of anilines is 2. The van der Waals surface area contributed by atoms with Crippen LogP contribution in [-0.2, 0) is 4.74 Å². The third-order valence-corrected chi connectivity index (χ3v) is 5.04. The van der Waals surface area contributed by atoms with Gasteiger partial charge in [-0.1, -0.05) is 12.1 Å². The van der Waals surface area contributed by atoms with E-state index in [1.807, 2.05) is 18.2 Å². The molecule has 0 spiro atoms. The number of nitrogen functional groups attached to an aromatic ring is 1. The quantitative estimate of drug-likeness (QED) is 0.827. The standard InChI is InChI=1S/C17H20N2O2/c18-14-6-5-12(11-3-1-2-4-11)7-15(14)19-16(20)21-10-17-8-13(17)9-17/h3,5-7,13H,1-2,4,8-10,18H2,(H,19,20). The predicted molar refractivity (Wildman–Crippen MR) is 82.8 cm³/mol. The van der Waals surface area contributed by atoms with Crippen molar-refractivity contribution in [1.82, 2.24) is 0 Å². The molecule has 21 heavy (non-hydrogen) atoms. The van der Waals surface area contributed by atoms with Crippen LogP contribution in [0.1, 0.15) is 37.7 Å². The maximum atomic E-state index is 11.9. The second-order valence-electron chi connectivity index (χ2n) is 6.59. The van der Waals surface area contributed by atoms with E-state index in [0.29, 0.717) is 23.4 Å². The van der Waals surface area contributed by atoms with Crippen molar-refractivity contribution in [1.29, 1.82) is 0 Å². The number of hydrogen-bond donors (Lipinski definition) is 2. The second kappa shape index (κ2) is 4.52. The molecule has 1 aromatic carbocycles. The highest BCUT2D eigenvalue weighted by Crippen LogP contribution is 2.75. The topological polar surface area (TPSA) is 64.3 Å². The molecule has 0 saturated heterocycles. The Kier molecular flexibility index (Phi) is 2.74. The molecular weight excluding hydrogens is 264 g/mol. The van der Waals surface area contributed by atoms with Gasteiger partial charge in [-0.25, -0.2) is 4.79 Å². The number of ether oxygens (including phenoxy) is 1. The Labute approximate surface area is 124 Å². The van der Waals surface area contributed by atoms with Gasteiger partial charge in [-0.15, -0.1) is 0 Å². The van der Waals surface area contributed by atoms with Crippen molar-refractivity contribution < 1.29 is 9.53 Å². The van der Waals surface area contributed by atoms with Gasteiger partial charge in [0.05, 0.1) is 18.0 Å². The zero-order valence-electron chi connectivity index (χ0n) is 12.0. The molecular formula is C17H20N2O2. The molecule has 0 radical (unpaired) electrons. The Hall–Kier alpha value is -1.97. The van der Waals surface area contributed by atoms with E-state index in [9.17, 15) is 4.79 Å². The van der Waals surface area contributed by atoms with E-state index < -0.39 is 6.09 Å². The van der Waals surface area contributed by atoms with Crippen molar-refractivity contribution in [3.63, 3.8) is 0 Å². The Morgan fingerprint density at radius 1 is 1.43 bits per heavy atom. The Morgan fingerprint density at radius 3 is 2.90 bits per heavy atom. The summed E-state index contributed by atoms with van der Waals surface area (Å²) in [6.07, 6.45) is 7.75. The third-order valence-electron chi connectivity index (χ3n) is 5.04. The van der Waals surface area contributed by atoms with Crippen LogP contribution in [0.3, 0.4) is 0 Å². The number of nitrogens with two attached hydrogens (primary N) is 1. The SMILES string of the molecule is Nc1ccc(C2=CCCC2)cc1NC(=O)OCC12CC1C2. The van der Waals surface area contributed by atoms with Crippen LogP contribution in [0.4, 0.5) is 16.2 Å². The lowest BCUT2D eigenvalue weighted by Crippen LogP contribution is -2.17. The van der Waals surface area contributed by atoms with E-state index in [1.54, 1.807) is 0 Å². The van der Waals surface area contributed by atoms with E-state index in [1.165, 1.54) is 24.8 Å². The van der Waals surface area contributed by atoms with Gasteiger partial charge in [0.15, 0.2) is 0 Å². The first kappa shape index (κ1) is 12.7. The first-order chi connectivity index (χ1) is 10.2. The van der Waals surface area contributed by atoms with Gasteiger partial charge in [-0.05, 0) is 61.3 Å². The number of benzene rings is 1. The summed E-state index contributed by atoms with van der Waals surface area (Å²) in [7, 11) is 0. The van der Waals surface area contributed by atoms with E-state index >= 15 is 0 Å². The van der Waals surface area contributed by atoms with Crippen LogP contribution < -0.4 is 11.1 Å². The molecule has 3 aliphatic carbocycles. The van der Waals surface area contributed by atoms with Gasteiger partial charge >= 0.3 is 6.09 Å². The molecule has 0 aliphatic heterocycles. The number of nitrogens with one attached hydrogen (secondary N) is 1. The van der Waals surface area contributed by atoms with Crippen LogP contribution in [0.2, 0.25) is 0 Å². The molecule has 1 amide bonds. The summed E-state index contributed by atoms with van der Waals surface area (Å²) in [5.41, 5.74) is 10.0. The normalized spacial score (nSPS) is 28.6. The van der Waals surface area contributed by atoms with E-state index in [0.717, 1.165) is 24.3 Å². The summed E-state index contributed by atoms with van der Waals surface area (Å²) in [6.45, 7) is 0.550. The van der Waals surface area contributed by atoms with Gasteiger partial charge < -0.3 is 10.5 Å². The fourth-order valence-electron chi connectivity index (χ4n) is 3.19. The Bertz CT molecular complexity index is 630. The summed E-state index contributed by atoms with van der Waals surface area (Å²) < 4.78 is 5.31. The lowest BCUT2D eigenvalue weighted by molar-refractivity contribution is 0.147. The van der Waals surface area contributed by atoms with Crippen molar-refractivity contribution >= 4 is 23.0 Å². The molecule has 2 saturated carbocycles. The molecule has 2 fully saturated rings. The van der Waals surface area contributed by atoms with Gasteiger partial charge in [0.2, 0.25) is 0 Å². The Balaban J connectivity index is 1.42. The highest BCUT2D eigenvalue weighted by atomic mass is 16.5. The largest absolute Gasteiger partial charge is 0.449 e. The van der Waals surface area contributed by atoms with Gasteiger partial charge in [-0.3, -0.25) is 5.32 Å². The fraction of sp³-hybridized carbons (Fsp3) is 0.471. The highest BCUT2D eigenvalue weighted by molar-refractivity contribution is 5.90. The summed E-state index contributed by atoms with van der Waals surface area (Å²) in [5.74, 6) is 0.827. The van der Waals surface area contributed by atoms with Crippen LogP contribution >= 0.6 is 0 Å². The molecule has 0 heterocycles. The molecule has 0 aromatic heterocycles. The molecule has 0 unspecified atom stereocenters. The lowest BCUT2D eigenvalue weighted by Gasteiger charge is -2.12. The molecule has 110 valence electrons. The average molecular weight is 284 g/mol. The summed E-state index contributed by atoms with van der Waals surface area (Å²) in [5, 5.41) is 2.78. The average Bonchev–Trinajstić information content (AvgIpc) is 3.23. The van der Waals surface area contributed by atoms with Crippen molar-refractivity contribution in [3.05, 3.63) is 29.8 Å². The molecule has 4 rings (SSSR count). The smallest absolute Gasteiger partial charge is 0.411 e. The van der Waals surface area contributed by atoms with Crippen LogP contribution in [0.15, 0.2) is 24.3 Å². The van der Waals surface area contributed by atoms with Gasteiger partial charge in [0, 0.05) is 5.41 Å². The number of carbonyl (C=O) groups excluding carboxylic acids is 1. The zero-order chi connectivity index (χ0) is 14.4. The molecule has 3 N–H and O–H groups in total. The van der Waals surface area contributed by atoms with Crippen molar-refractivity contribution in [3.8, 4) is 0 Å². The maximum absolute atomic E-state index is 11.9. The minimum absolute atomic E-state index is 0.361. The predicted octanol–water partition coefficient (Wildman–Crippen LogP) is 3.79. The first-order valence-electron chi connectivity index (χ1n) is 7.69. The second-order valence-corrected chi connectivity index (χ2v) is 6.59. The zero-order valence-corrected chi connectivity index (χ0v) is 12.0. The molecule has 3 aliphatic rings. The van der Waals surface area contributed by atoms with Crippen molar-refractivity contribution in [2.75, 3.05) is 17.7 Å². The maximum Gasteiger partial charge on any atom is 0.411 e. The van der Waals surface area contributed by atoms with Crippen LogP contribution in [0.25, 0.3) is 5.57 Å². The van der Waals surface area contributed by atoms with Crippen molar-refractivity contribution in [2.24, 2.45) is 11.3 Å². The van der Waals surface area contributed by atoms with E-state index in [-0.39, 0.29) is 0 Å². The number of rotatable bonds is 4. The number of fused-ring (bicyclic) bond motifs is 1. The van der Waals surface area contributed by atoms with Gasteiger partial charge in [0.25, 0.3) is 0 Å². The highest BCUT2D eigenvalue weighted by Gasteiger charge is 2.70. The van der Waals surface area contributed by atoms with E-state index in [4.69, 9.17) is 10.5 Å². The van der Waals surface area contributed by atoms with Gasteiger partial charge in [0.1, 0.15) is 0 Å². The number of hydrogen-bond acceptors (Lipinski definition) is 3. The van der Waals surface area contributed by atoms with Crippen LogP contribution in [-0.4, -0.2) is 12.7 Å². The first-order valence-corrected chi connectivity index (χ1v) is 7.69. The minimum Gasteiger partial charge on any atom is -0.449 e. The number of amides is 1. The van der Waals surface area contributed by atoms with E-state index in [2.05, 4.69) is 11.4 Å². The van der Waals surface area contributed by atoms with Crippen LogP contribution in [0.5, 0.6) is 0 Å². The fourth-order valence-corrected chi connectivity index (χ4v) is 3.19. The van der Waals surface area contributed by atoms with Crippen LogP contribution in [0, 0.1) is 11.3 Å². The third kappa shape index (κ3) is 2.39. The molecule has 0 atom stereocenters. The summed E-state index contributed by atoms with van der Waals surface area (Å²) in [4.78, 5) is 11.9. The molecule has 4 nitrogen and oxygen atoms in total. The van der Waals surface area contributed by atoms with Gasteiger partial charge in [-0.2, -0.15) is 0 Å². The number of allylic oxidation sites excluding steroid dienone is 2. The lowest BCUT2D eigenvalue weighted by atomic mass is 10.0.